The Balaban J connectivity index is 1.84. The number of nitrogens with one attached hydrogen (secondary N) is 1. The summed E-state index contributed by atoms with van der Waals surface area (Å²) in [6.45, 7) is 1.28. The molecule has 3 aromatic rings. The van der Waals surface area contributed by atoms with Crippen molar-refractivity contribution in [2.75, 3.05) is 0 Å². The molecule has 0 aliphatic rings. The van der Waals surface area contributed by atoms with E-state index in [0.717, 1.165) is 16.7 Å². The number of aromatic nitrogens is 1. The highest BCUT2D eigenvalue weighted by atomic mass is 19.1. The molecule has 1 atom stereocenters. The first-order valence-corrected chi connectivity index (χ1v) is 8.07. The molecular weight excluding hydrogens is 335 g/mol. The van der Waals surface area contributed by atoms with Crippen LogP contribution >= 0.6 is 0 Å². The van der Waals surface area contributed by atoms with Gasteiger partial charge in [0.25, 0.3) is 0 Å². The third-order valence-electron chi connectivity index (χ3n) is 4.08. The molecule has 26 heavy (non-hydrogen) atoms. The summed E-state index contributed by atoms with van der Waals surface area (Å²) in [5.74, 6) is -1.80. The van der Waals surface area contributed by atoms with Crippen LogP contribution in [-0.4, -0.2) is 28.0 Å². The highest BCUT2D eigenvalue weighted by Gasteiger charge is 2.18. The zero-order valence-electron chi connectivity index (χ0n) is 14.1. The fraction of sp³-hybridized carbons (Fsp3) is 0.150. The lowest BCUT2D eigenvalue weighted by atomic mass is 10.0. The lowest BCUT2D eigenvalue weighted by Gasteiger charge is -2.13. The Labute approximate surface area is 149 Å². The van der Waals surface area contributed by atoms with Gasteiger partial charge in [-0.15, -0.1) is 0 Å². The van der Waals surface area contributed by atoms with Gasteiger partial charge in [0.2, 0.25) is 5.91 Å². The molecule has 0 fully saturated rings. The molecule has 5 nitrogen and oxygen atoms in total. The Morgan fingerprint density at radius 3 is 2.54 bits per heavy atom. The van der Waals surface area contributed by atoms with E-state index in [-0.39, 0.29) is 12.2 Å². The van der Waals surface area contributed by atoms with Gasteiger partial charge in [0, 0.05) is 30.5 Å². The Bertz CT molecular complexity index is 970. The Hall–Kier alpha value is -3.28. The number of nitrogens with zero attached hydrogens (tertiary/aromatic N) is 1. The zero-order chi connectivity index (χ0) is 18.7. The summed E-state index contributed by atoms with van der Waals surface area (Å²) in [6, 6.07) is 12.8. The van der Waals surface area contributed by atoms with Gasteiger partial charge in [-0.1, -0.05) is 30.3 Å². The molecule has 132 valence electrons. The molecule has 1 aromatic heterocycles. The summed E-state index contributed by atoms with van der Waals surface area (Å²) >= 11 is 0. The third-order valence-corrected chi connectivity index (χ3v) is 4.08. The predicted molar refractivity (Wildman–Crippen MR) is 96.1 cm³/mol. The lowest BCUT2D eigenvalue weighted by Crippen LogP contribution is -2.41. The number of hydrogen-bond acceptors (Lipinski definition) is 3. The normalized spacial score (nSPS) is 11.9. The maximum Gasteiger partial charge on any atom is 0.326 e. The van der Waals surface area contributed by atoms with Crippen LogP contribution in [0, 0.1) is 5.82 Å². The van der Waals surface area contributed by atoms with Crippen LogP contribution in [0.4, 0.5) is 4.39 Å². The number of rotatable bonds is 5. The summed E-state index contributed by atoms with van der Waals surface area (Å²) in [5, 5.41) is 12.0. The average molecular weight is 352 g/mol. The molecular formula is C20H17FN2O3. The standard InChI is InChI=1S/C20H17FN2O3/c1-12(24)23-19(20(25)26)9-13-5-7-14(8-6-13)15-10-16-17(21)3-2-4-18(16)22-11-15/h2-8,10-11,19H,9H2,1H3,(H,23,24)(H,25,26). The first-order chi connectivity index (χ1) is 12.4. The van der Waals surface area contributed by atoms with Crippen molar-refractivity contribution < 1.29 is 19.1 Å². The molecule has 1 unspecified atom stereocenters. The van der Waals surface area contributed by atoms with E-state index in [9.17, 15) is 19.1 Å². The van der Waals surface area contributed by atoms with Crippen molar-refractivity contribution in [1.29, 1.82) is 0 Å². The number of aliphatic carboxylic acids is 1. The van der Waals surface area contributed by atoms with Crippen molar-refractivity contribution in [3.63, 3.8) is 0 Å². The van der Waals surface area contributed by atoms with Crippen LogP contribution in [-0.2, 0) is 16.0 Å². The third kappa shape index (κ3) is 3.85. The predicted octanol–water partition coefficient (Wildman–Crippen LogP) is 3.17. The van der Waals surface area contributed by atoms with Crippen LogP contribution in [0.1, 0.15) is 12.5 Å². The second kappa shape index (κ2) is 7.31. The largest absolute Gasteiger partial charge is 0.480 e. The number of amides is 1. The summed E-state index contributed by atoms with van der Waals surface area (Å²) in [4.78, 5) is 26.6. The molecule has 0 radical (unpaired) electrons. The van der Waals surface area contributed by atoms with Gasteiger partial charge in [-0.3, -0.25) is 9.78 Å². The minimum Gasteiger partial charge on any atom is -0.480 e. The second-order valence-electron chi connectivity index (χ2n) is 6.02. The van der Waals surface area contributed by atoms with Gasteiger partial charge in [0.15, 0.2) is 0 Å². The average Bonchev–Trinajstić information content (AvgIpc) is 2.61. The molecule has 1 heterocycles. The SMILES string of the molecule is CC(=O)NC(Cc1ccc(-c2cnc3cccc(F)c3c2)cc1)C(=O)O. The number of pyridine rings is 1. The molecule has 2 N–H and O–H groups in total. The summed E-state index contributed by atoms with van der Waals surface area (Å²) < 4.78 is 13.9. The molecule has 0 bridgehead atoms. The van der Waals surface area contributed by atoms with Crippen molar-refractivity contribution in [3.8, 4) is 11.1 Å². The molecule has 0 aliphatic carbocycles. The van der Waals surface area contributed by atoms with E-state index in [0.29, 0.717) is 10.9 Å². The van der Waals surface area contributed by atoms with Crippen LogP contribution in [0.2, 0.25) is 0 Å². The van der Waals surface area contributed by atoms with E-state index >= 15 is 0 Å². The molecule has 1 amide bonds. The summed E-state index contributed by atoms with van der Waals surface area (Å²) in [7, 11) is 0. The Morgan fingerprint density at radius 1 is 1.15 bits per heavy atom. The number of fused-ring (bicyclic) bond motifs is 1. The maximum absolute atomic E-state index is 13.9. The fourth-order valence-corrected chi connectivity index (χ4v) is 2.79. The second-order valence-corrected chi connectivity index (χ2v) is 6.02. The highest BCUT2D eigenvalue weighted by Crippen LogP contribution is 2.24. The molecule has 3 rings (SSSR count). The van der Waals surface area contributed by atoms with Crippen molar-refractivity contribution >= 4 is 22.8 Å². The Kier molecular flexibility index (Phi) is 4.93. The molecule has 0 saturated heterocycles. The first kappa shape index (κ1) is 17.5. The van der Waals surface area contributed by atoms with Gasteiger partial charge in [0.1, 0.15) is 11.9 Å². The van der Waals surface area contributed by atoms with Crippen molar-refractivity contribution in [1.82, 2.24) is 10.3 Å². The van der Waals surface area contributed by atoms with Crippen LogP contribution in [0.5, 0.6) is 0 Å². The van der Waals surface area contributed by atoms with E-state index in [2.05, 4.69) is 10.3 Å². The van der Waals surface area contributed by atoms with E-state index in [1.807, 2.05) is 12.1 Å². The summed E-state index contributed by atoms with van der Waals surface area (Å²) in [5.41, 5.74) is 2.98. The van der Waals surface area contributed by atoms with Gasteiger partial charge in [-0.25, -0.2) is 9.18 Å². The number of carbonyl (C=O) groups excluding carboxylic acids is 1. The smallest absolute Gasteiger partial charge is 0.326 e. The number of carboxylic acid groups (broad SMARTS) is 1. The van der Waals surface area contributed by atoms with Gasteiger partial charge in [-0.2, -0.15) is 0 Å². The van der Waals surface area contributed by atoms with Crippen LogP contribution < -0.4 is 5.32 Å². The molecule has 0 saturated carbocycles. The number of hydrogen-bond donors (Lipinski definition) is 2. The van der Waals surface area contributed by atoms with Crippen molar-refractivity contribution in [3.05, 3.63) is 66.1 Å². The number of carbonyl (C=O) groups is 2. The topological polar surface area (TPSA) is 79.3 Å². The van der Waals surface area contributed by atoms with Gasteiger partial charge < -0.3 is 10.4 Å². The molecule has 6 heteroatoms. The van der Waals surface area contributed by atoms with E-state index in [1.165, 1.54) is 13.0 Å². The van der Waals surface area contributed by atoms with Gasteiger partial charge >= 0.3 is 5.97 Å². The first-order valence-electron chi connectivity index (χ1n) is 8.07. The monoisotopic (exact) mass is 352 g/mol. The number of halogens is 1. The van der Waals surface area contributed by atoms with Crippen LogP contribution in [0.15, 0.2) is 54.7 Å². The summed E-state index contributed by atoms with van der Waals surface area (Å²) in [6.07, 6.45) is 1.86. The van der Waals surface area contributed by atoms with E-state index in [1.54, 1.807) is 36.5 Å². The van der Waals surface area contributed by atoms with Crippen LogP contribution in [0.3, 0.4) is 0 Å². The van der Waals surface area contributed by atoms with Crippen LogP contribution in [0.25, 0.3) is 22.0 Å². The molecule has 0 aliphatic heterocycles. The van der Waals surface area contributed by atoms with Crippen molar-refractivity contribution in [2.45, 2.75) is 19.4 Å². The quantitative estimate of drug-likeness (QED) is 0.739. The van der Waals surface area contributed by atoms with Crippen molar-refractivity contribution in [2.24, 2.45) is 0 Å². The van der Waals surface area contributed by atoms with Gasteiger partial charge in [-0.05, 0) is 29.3 Å². The lowest BCUT2D eigenvalue weighted by molar-refractivity contribution is -0.141. The zero-order valence-corrected chi connectivity index (χ0v) is 14.1. The van der Waals surface area contributed by atoms with E-state index in [4.69, 9.17) is 0 Å². The maximum atomic E-state index is 13.9. The van der Waals surface area contributed by atoms with E-state index < -0.39 is 17.9 Å². The fourth-order valence-electron chi connectivity index (χ4n) is 2.79. The molecule has 2 aromatic carbocycles. The van der Waals surface area contributed by atoms with Gasteiger partial charge in [0.05, 0.1) is 5.52 Å². The minimum absolute atomic E-state index is 0.180. The Morgan fingerprint density at radius 2 is 1.88 bits per heavy atom. The molecule has 0 spiro atoms. The number of benzene rings is 2. The minimum atomic E-state index is -1.08. The number of carboxylic acids is 1. The highest BCUT2D eigenvalue weighted by molar-refractivity contribution is 5.84.